The Morgan fingerprint density at radius 2 is 2.09 bits per heavy atom. The minimum atomic E-state index is -0.921. The predicted octanol–water partition coefficient (Wildman–Crippen LogP) is 2.04. The molecular formula is C15H19ClF2N4O. The fourth-order valence-electron chi connectivity index (χ4n) is 2.23. The fourth-order valence-corrected chi connectivity index (χ4v) is 2.23. The second kappa shape index (κ2) is 8.03. The Hall–Kier alpha value is -1.99. The number of nitrogens with one attached hydrogen (secondary N) is 1. The zero-order valence-electron chi connectivity index (χ0n) is 13.1. The molecule has 2 rings (SSSR count). The Balaban J connectivity index is 0.00000264. The molecule has 0 saturated heterocycles. The number of carbonyl (C=O) groups excluding carboxylic acids is 1. The molecule has 1 atom stereocenters. The molecule has 0 aliphatic heterocycles. The van der Waals surface area contributed by atoms with Crippen molar-refractivity contribution in [2.24, 2.45) is 7.05 Å². The molecule has 0 saturated carbocycles. The van der Waals surface area contributed by atoms with Crippen LogP contribution in [0.15, 0.2) is 30.6 Å². The van der Waals surface area contributed by atoms with E-state index in [0.29, 0.717) is 5.56 Å². The normalized spacial score (nSPS) is 11.7. The van der Waals surface area contributed by atoms with Gasteiger partial charge in [-0.15, -0.1) is 12.4 Å². The highest BCUT2D eigenvalue weighted by molar-refractivity contribution is 5.85. The molecule has 1 unspecified atom stereocenters. The van der Waals surface area contributed by atoms with Crippen LogP contribution in [0.5, 0.6) is 0 Å². The van der Waals surface area contributed by atoms with E-state index in [2.05, 4.69) is 10.4 Å². The van der Waals surface area contributed by atoms with Gasteiger partial charge in [-0.1, -0.05) is 6.07 Å². The Labute approximate surface area is 139 Å². The Morgan fingerprint density at radius 1 is 1.39 bits per heavy atom. The van der Waals surface area contributed by atoms with Crippen molar-refractivity contribution in [2.45, 2.75) is 12.6 Å². The lowest BCUT2D eigenvalue weighted by Gasteiger charge is -2.23. The number of nitrogens with zero attached hydrogens (tertiary/aromatic N) is 3. The lowest BCUT2D eigenvalue weighted by molar-refractivity contribution is -0.132. The van der Waals surface area contributed by atoms with E-state index >= 15 is 0 Å². The number of hydrogen-bond donors (Lipinski definition) is 1. The van der Waals surface area contributed by atoms with E-state index in [9.17, 15) is 13.6 Å². The van der Waals surface area contributed by atoms with Gasteiger partial charge < -0.3 is 10.2 Å². The molecule has 23 heavy (non-hydrogen) atoms. The van der Waals surface area contributed by atoms with Crippen LogP contribution in [-0.2, 0) is 18.4 Å². The maximum atomic E-state index is 13.2. The number of hydrogen-bond acceptors (Lipinski definition) is 3. The largest absolute Gasteiger partial charge is 0.340 e. The average Bonchev–Trinajstić information content (AvgIpc) is 2.90. The second-order valence-electron chi connectivity index (χ2n) is 5.11. The maximum absolute atomic E-state index is 13.2. The molecule has 1 heterocycles. The van der Waals surface area contributed by atoms with E-state index in [1.165, 1.54) is 11.0 Å². The number of amides is 1. The molecule has 0 fully saturated rings. The third-order valence-corrected chi connectivity index (χ3v) is 3.37. The van der Waals surface area contributed by atoms with Gasteiger partial charge in [-0.05, 0) is 24.7 Å². The summed E-state index contributed by atoms with van der Waals surface area (Å²) in [5.41, 5.74) is 1.27. The smallest absolute Gasteiger partial charge is 0.244 e. The molecular weight excluding hydrogens is 326 g/mol. The van der Waals surface area contributed by atoms with Gasteiger partial charge in [-0.2, -0.15) is 5.10 Å². The van der Waals surface area contributed by atoms with E-state index in [-0.39, 0.29) is 24.9 Å². The van der Waals surface area contributed by atoms with Gasteiger partial charge in [0, 0.05) is 32.4 Å². The summed E-state index contributed by atoms with van der Waals surface area (Å²) in [6, 6.07) is 3.07. The summed E-state index contributed by atoms with van der Waals surface area (Å²) in [5, 5.41) is 6.99. The van der Waals surface area contributed by atoms with Crippen molar-refractivity contribution in [1.82, 2.24) is 20.0 Å². The summed E-state index contributed by atoms with van der Waals surface area (Å²) in [6.45, 7) is 0.189. The third kappa shape index (κ3) is 4.49. The summed E-state index contributed by atoms with van der Waals surface area (Å²) in [6.07, 6.45) is 3.37. The number of rotatable bonds is 5. The van der Waals surface area contributed by atoms with Gasteiger partial charge in [0.25, 0.3) is 0 Å². The highest BCUT2D eigenvalue weighted by atomic mass is 35.5. The van der Waals surface area contributed by atoms with Gasteiger partial charge in [-0.3, -0.25) is 9.48 Å². The van der Waals surface area contributed by atoms with E-state index < -0.39 is 17.7 Å². The molecule has 0 spiro atoms. The molecule has 0 radical (unpaired) electrons. The number of aryl methyl sites for hydroxylation is 1. The van der Waals surface area contributed by atoms with E-state index in [0.717, 1.165) is 17.7 Å². The van der Waals surface area contributed by atoms with Gasteiger partial charge in [0.05, 0.1) is 6.20 Å². The highest BCUT2D eigenvalue weighted by Gasteiger charge is 2.23. The van der Waals surface area contributed by atoms with Crippen LogP contribution in [0.2, 0.25) is 0 Å². The third-order valence-electron chi connectivity index (χ3n) is 3.37. The molecule has 1 N–H and O–H groups in total. The lowest BCUT2D eigenvalue weighted by Crippen LogP contribution is -2.37. The quantitative estimate of drug-likeness (QED) is 0.903. The van der Waals surface area contributed by atoms with Crippen LogP contribution in [0.3, 0.4) is 0 Å². The van der Waals surface area contributed by atoms with Crippen molar-refractivity contribution < 1.29 is 13.6 Å². The topological polar surface area (TPSA) is 50.2 Å². The summed E-state index contributed by atoms with van der Waals surface area (Å²) < 4.78 is 27.8. The molecule has 2 aromatic rings. The highest BCUT2D eigenvalue weighted by Crippen LogP contribution is 2.16. The second-order valence-corrected chi connectivity index (χ2v) is 5.11. The fraction of sp³-hybridized carbons (Fsp3) is 0.333. The first kappa shape index (κ1) is 19.1. The molecule has 0 bridgehead atoms. The van der Waals surface area contributed by atoms with Crippen molar-refractivity contribution in [3.63, 3.8) is 0 Å². The summed E-state index contributed by atoms with van der Waals surface area (Å²) in [7, 11) is 5.07. The Kier molecular flexibility index (Phi) is 6.65. The van der Waals surface area contributed by atoms with Crippen LogP contribution in [0.25, 0.3) is 0 Å². The SMILES string of the molecule is CNC(C(=O)N(C)Cc1ccc(F)c(F)c1)c1cnn(C)c1.Cl. The van der Waals surface area contributed by atoms with Gasteiger partial charge in [0.1, 0.15) is 6.04 Å². The molecule has 8 heteroatoms. The number of carbonyl (C=O) groups is 1. The zero-order chi connectivity index (χ0) is 16.3. The molecule has 5 nitrogen and oxygen atoms in total. The van der Waals surface area contributed by atoms with Crippen LogP contribution in [-0.4, -0.2) is 34.7 Å². The lowest BCUT2D eigenvalue weighted by atomic mass is 10.1. The number of halogens is 3. The minimum absolute atomic E-state index is 0. The first-order valence-corrected chi connectivity index (χ1v) is 6.77. The standard InChI is InChI=1S/C15H18F2N4O.ClH/c1-18-14(11-7-19-21(3)9-11)15(22)20(2)8-10-4-5-12(16)13(17)6-10;/h4-7,9,14,18H,8H2,1-3H3;1H. The summed E-state index contributed by atoms with van der Waals surface area (Å²) in [4.78, 5) is 14.0. The van der Waals surface area contributed by atoms with Crippen molar-refractivity contribution in [3.8, 4) is 0 Å². The van der Waals surface area contributed by atoms with Crippen LogP contribution < -0.4 is 5.32 Å². The monoisotopic (exact) mass is 344 g/mol. The van der Waals surface area contributed by atoms with Crippen molar-refractivity contribution in [1.29, 1.82) is 0 Å². The van der Waals surface area contributed by atoms with Crippen molar-refractivity contribution in [3.05, 3.63) is 53.4 Å². The molecule has 1 amide bonds. The van der Waals surface area contributed by atoms with Crippen LogP contribution in [0.4, 0.5) is 8.78 Å². The van der Waals surface area contributed by atoms with Crippen molar-refractivity contribution in [2.75, 3.05) is 14.1 Å². The minimum Gasteiger partial charge on any atom is -0.340 e. The van der Waals surface area contributed by atoms with E-state index in [4.69, 9.17) is 0 Å². The number of likely N-dealkylation sites (N-methyl/N-ethyl adjacent to an activating group) is 2. The predicted molar refractivity (Wildman–Crippen MR) is 85.1 cm³/mol. The molecule has 126 valence electrons. The zero-order valence-corrected chi connectivity index (χ0v) is 13.9. The van der Waals surface area contributed by atoms with Crippen LogP contribution in [0.1, 0.15) is 17.2 Å². The van der Waals surface area contributed by atoms with E-state index in [1.807, 2.05) is 0 Å². The van der Waals surface area contributed by atoms with Gasteiger partial charge in [0.2, 0.25) is 5.91 Å². The van der Waals surface area contributed by atoms with Crippen molar-refractivity contribution >= 4 is 18.3 Å². The van der Waals surface area contributed by atoms with Gasteiger partial charge >= 0.3 is 0 Å². The summed E-state index contributed by atoms with van der Waals surface area (Å²) in [5.74, 6) is -2.00. The summed E-state index contributed by atoms with van der Waals surface area (Å²) >= 11 is 0. The average molecular weight is 345 g/mol. The molecule has 0 aliphatic rings. The van der Waals surface area contributed by atoms with Gasteiger partial charge in [-0.25, -0.2) is 8.78 Å². The van der Waals surface area contributed by atoms with E-state index in [1.54, 1.807) is 38.2 Å². The van der Waals surface area contributed by atoms with Crippen LogP contribution >= 0.6 is 12.4 Å². The molecule has 0 aliphatic carbocycles. The first-order chi connectivity index (χ1) is 10.4. The molecule has 1 aromatic heterocycles. The number of aromatic nitrogens is 2. The number of benzene rings is 1. The van der Waals surface area contributed by atoms with Gasteiger partial charge in [0.15, 0.2) is 11.6 Å². The molecule has 1 aromatic carbocycles. The Bertz CT molecular complexity index is 677. The Morgan fingerprint density at radius 3 is 2.61 bits per heavy atom. The first-order valence-electron chi connectivity index (χ1n) is 6.77. The van der Waals surface area contributed by atoms with Crippen LogP contribution in [0, 0.1) is 11.6 Å². The maximum Gasteiger partial charge on any atom is 0.244 e.